The van der Waals surface area contributed by atoms with E-state index in [4.69, 9.17) is 10.3 Å². The van der Waals surface area contributed by atoms with Crippen LogP contribution in [0.3, 0.4) is 0 Å². The van der Waals surface area contributed by atoms with Crippen LogP contribution in [-0.2, 0) is 4.79 Å². The van der Waals surface area contributed by atoms with Gasteiger partial charge in [0.25, 0.3) is 5.89 Å². The first kappa shape index (κ1) is 13.2. The Kier molecular flexibility index (Phi) is 3.33. The van der Waals surface area contributed by atoms with Gasteiger partial charge in [0.2, 0.25) is 18.0 Å². The molecule has 1 radical (unpaired) electrons. The summed E-state index contributed by atoms with van der Waals surface area (Å²) >= 11 is 1.48. The minimum atomic E-state index is -0.647. The highest BCUT2D eigenvalue weighted by atomic mass is 32.1. The minimum Gasteiger partial charge on any atom is -0.366 e. The van der Waals surface area contributed by atoms with E-state index in [1.807, 2.05) is 17.5 Å². The molecule has 103 valence electrons. The number of nitrogens with two attached hydrogens (primary N) is 1. The molecule has 0 atom stereocenters. The van der Waals surface area contributed by atoms with Crippen molar-refractivity contribution in [2.75, 3.05) is 0 Å². The van der Waals surface area contributed by atoms with Crippen LogP contribution in [-0.4, -0.2) is 22.3 Å². The smallest absolute Gasteiger partial charge is 0.258 e. The predicted octanol–water partition coefficient (Wildman–Crippen LogP) is 2.02. The number of benzene rings is 1. The molecule has 0 unspecified atom stereocenters. The third kappa shape index (κ3) is 2.59. The van der Waals surface area contributed by atoms with Crippen molar-refractivity contribution in [2.45, 2.75) is 0 Å². The summed E-state index contributed by atoms with van der Waals surface area (Å²) < 4.78 is 5.17. The lowest BCUT2D eigenvalue weighted by Crippen LogP contribution is -2.11. The van der Waals surface area contributed by atoms with Crippen molar-refractivity contribution in [3.8, 4) is 22.2 Å². The van der Waals surface area contributed by atoms with E-state index in [0.29, 0.717) is 11.4 Å². The van der Waals surface area contributed by atoms with E-state index >= 15 is 0 Å². The molecule has 1 aromatic carbocycles. The van der Waals surface area contributed by atoms with Crippen LogP contribution in [0.1, 0.15) is 15.9 Å². The van der Waals surface area contributed by atoms with Crippen LogP contribution in [0.15, 0.2) is 40.2 Å². The Bertz CT molecular complexity index is 809. The SMILES string of the molecule is NC(=O)c1cc([C]=O)cc(-c2nc(-c3cccs3)no2)c1. The van der Waals surface area contributed by atoms with Crippen molar-refractivity contribution < 1.29 is 14.1 Å². The summed E-state index contributed by atoms with van der Waals surface area (Å²) in [6.07, 6.45) is 1.72. The zero-order valence-electron chi connectivity index (χ0n) is 10.6. The van der Waals surface area contributed by atoms with Crippen molar-refractivity contribution in [1.82, 2.24) is 10.1 Å². The second-order valence-electron chi connectivity index (χ2n) is 4.17. The molecule has 2 N–H and O–H groups in total. The van der Waals surface area contributed by atoms with E-state index in [1.54, 1.807) is 6.29 Å². The molecule has 6 nitrogen and oxygen atoms in total. The highest BCUT2D eigenvalue weighted by Gasteiger charge is 2.14. The van der Waals surface area contributed by atoms with Gasteiger partial charge in [0.15, 0.2) is 0 Å². The quantitative estimate of drug-likeness (QED) is 0.794. The average Bonchev–Trinajstić information content (AvgIpc) is 3.17. The number of carbonyl (C=O) groups excluding carboxylic acids is 2. The van der Waals surface area contributed by atoms with Crippen LogP contribution in [0.2, 0.25) is 0 Å². The van der Waals surface area contributed by atoms with Crippen LogP contribution in [0.5, 0.6) is 0 Å². The van der Waals surface area contributed by atoms with Crippen LogP contribution in [0, 0.1) is 0 Å². The monoisotopic (exact) mass is 298 g/mol. The molecule has 0 spiro atoms. The molecule has 0 saturated carbocycles. The molecular formula is C14H8N3O3S. The maximum atomic E-state index is 11.3. The first-order chi connectivity index (χ1) is 10.2. The van der Waals surface area contributed by atoms with Gasteiger partial charge >= 0.3 is 0 Å². The van der Waals surface area contributed by atoms with Crippen LogP contribution >= 0.6 is 11.3 Å². The van der Waals surface area contributed by atoms with Gasteiger partial charge in [0.05, 0.1) is 4.88 Å². The Balaban J connectivity index is 2.06. The molecule has 0 aliphatic heterocycles. The lowest BCUT2D eigenvalue weighted by atomic mass is 10.1. The van der Waals surface area contributed by atoms with Crippen molar-refractivity contribution in [1.29, 1.82) is 0 Å². The van der Waals surface area contributed by atoms with Crippen molar-refractivity contribution in [3.05, 3.63) is 46.8 Å². The van der Waals surface area contributed by atoms with E-state index in [0.717, 1.165) is 4.88 Å². The lowest BCUT2D eigenvalue weighted by molar-refractivity contribution is 0.100. The maximum absolute atomic E-state index is 11.3. The van der Waals surface area contributed by atoms with Crippen molar-refractivity contribution in [2.24, 2.45) is 5.73 Å². The second kappa shape index (κ2) is 5.29. The largest absolute Gasteiger partial charge is 0.366 e. The molecule has 0 aliphatic rings. The summed E-state index contributed by atoms with van der Waals surface area (Å²) in [7, 11) is 0. The van der Waals surface area contributed by atoms with Crippen molar-refractivity contribution in [3.63, 3.8) is 0 Å². The van der Waals surface area contributed by atoms with Gasteiger partial charge in [0.1, 0.15) is 0 Å². The Hall–Kier alpha value is -2.80. The van der Waals surface area contributed by atoms with Gasteiger partial charge in [-0.2, -0.15) is 4.98 Å². The van der Waals surface area contributed by atoms with Gasteiger partial charge in [-0.1, -0.05) is 11.2 Å². The van der Waals surface area contributed by atoms with Gasteiger partial charge in [-0.25, -0.2) is 0 Å². The number of hydrogen-bond acceptors (Lipinski definition) is 6. The fourth-order valence-electron chi connectivity index (χ4n) is 1.80. The zero-order valence-corrected chi connectivity index (χ0v) is 11.4. The fourth-order valence-corrected chi connectivity index (χ4v) is 2.45. The molecule has 0 saturated heterocycles. The predicted molar refractivity (Wildman–Crippen MR) is 76.4 cm³/mol. The highest BCUT2D eigenvalue weighted by Crippen LogP contribution is 2.26. The standard InChI is InChI=1S/C14H8N3O3S/c15-12(19)9-4-8(7-18)5-10(6-9)14-16-13(17-20-14)11-2-1-3-21-11/h1-6H,(H2,15,19). The number of thiophene rings is 1. The number of primary amides is 1. The first-order valence-corrected chi connectivity index (χ1v) is 6.76. The third-order valence-corrected chi connectivity index (χ3v) is 3.62. The molecule has 3 rings (SSSR count). The van der Waals surface area contributed by atoms with Crippen LogP contribution in [0.25, 0.3) is 22.2 Å². The molecule has 2 heterocycles. The molecule has 7 heteroatoms. The highest BCUT2D eigenvalue weighted by molar-refractivity contribution is 7.13. The molecule has 21 heavy (non-hydrogen) atoms. The summed E-state index contributed by atoms with van der Waals surface area (Å²) in [6, 6.07) is 8.10. The normalized spacial score (nSPS) is 10.5. The molecule has 0 bridgehead atoms. The Morgan fingerprint density at radius 2 is 2.19 bits per heavy atom. The Labute approximate surface area is 123 Å². The van der Waals surface area contributed by atoms with Crippen LogP contribution in [0.4, 0.5) is 0 Å². The molecule has 0 fully saturated rings. The van der Waals surface area contributed by atoms with Gasteiger partial charge < -0.3 is 10.3 Å². The molecule has 1 amide bonds. The fraction of sp³-hybridized carbons (Fsp3) is 0. The van der Waals surface area contributed by atoms with E-state index in [1.165, 1.54) is 29.5 Å². The molecule has 3 aromatic rings. The van der Waals surface area contributed by atoms with Crippen LogP contribution < -0.4 is 5.73 Å². The maximum Gasteiger partial charge on any atom is 0.258 e. The Morgan fingerprint density at radius 3 is 2.86 bits per heavy atom. The zero-order chi connectivity index (χ0) is 14.8. The second-order valence-corrected chi connectivity index (χ2v) is 5.11. The minimum absolute atomic E-state index is 0.182. The summed E-state index contributed by atoms with van der Waals surface area (Å²) in [4.78, 5) is 27.2. The Morgan fingerprint density at radius 1 is 1.33 bits per heavy atom. The van der Waals surface area contributed by atoms with Gasteiger partial charge in [0, 0.05) is 16.7 Å². The van der Waals surface area contributed by atoms with E-state index < -0.39 is 5.91 Å². The van der Waals surface area contributed by atoms with Gasteiger partial charge in [-0.15, -0.1) is 11.3 Å². The van der Waals surface area contributed by atoms with E-state index in [-0.39, 0.29) is 17.0 Å². The molecular weight excluding hydrogens is 290 g/mol. The number of rotatable bonds is 4. The lowest BCUT2D eigenvalue weighted by Gasteiger charge is -2.00. The van der Waals surface area contributed by atoms with E-state index in [9.17, 15) is 9.59 Å². The number of amides is 1. The topological polar surface area (TPSA) is 99.1 Å². The summed E-state index contributed by atoms with van der Waals surface area (Å²) in [5, 5.41) is 5.78. The van der Waals surface area contributed by atoms with Gasteiger partial charge in [-0.3, -0.25) is 9.59 Å². The number of nitrogens with zero attached hydrogens (tertiary/aromatic N) is 2. The number of hydrogen-bond donors (Lipinski definition) is 1. The van der Waals surface area contributed by atoms with Gasteiger partial charge in [-0.05, 0) is 29.6 Å². The number of aromatic nitrogens is 2. The number of carbonyl (C=O) groups is 1. The summed E-state index contributed by atoms with van der Waals surface area (Å²) in [5.74, 6) is 0.00505. The summed E-state index contributed by atoms with van der Waals surface area (Å²) in [5.41, 5.74) is 6.05. The third-order valence-electron chi connectivity index (χ3n) is 2.75. The van der Waals surface area contributed by atoms with Crippen molar-refractivity contribution >= 4 is 23.5 Å². The first-order valence-electron chi connectivity index (χ1n) is 5.88. The summed E-state index contributed by atoms with van der Waals surface area (Å²) in [6.45, 7) is 0. The average molecular weight is 298 g/mol. The molecule has 0 aliphatic carbocycles. The molecule has 2 aromatic heterocycles. The van der Waals surface area contributed by atoms with E-state index in [2.05, 4.69) is 10.1 Å².